The molecule has 0 aromatic heterocycles. The van der Waals surface area contributed by atoms with E-state index in [-0.39, 0.29) is 11.8 Å². The molecule has 0 fully saturated rings. The smallest absolute Gasteiger partial charge is 0.251 e. The number of benzene rings is 2. The van der Waals surface area contributed by atoms with Gasteiger partial charge in [0.15, 0.2) is 0 Å². The van der Waals surface area contributed by atoms with Gasteiger partial charge in [0.25, 0.3) is 11.8 Å². The van der Waals surface area contributed by atoms with E-state index < -0.39 is 0 Å². The summed E-state index contributed by atoms with van der Waals surface area (Å²) in [5.41, 5.74) is 7.85. The second-order valence-corrected chi connectivity index (χ2v) is 9.27. The predicted molar refractivity (Wildman–Crippen MR) is 134 cm³/mol. The molecule has 2 amide bonds. The lowest BCUT2D eigenvalue weighted by molar-refractivity contribution is 0.0939. The molecule has 0 saturated heterocycles. The zero-order valence-electron chi connectivity index (χ0n) is 21.1. The van der Waals surface area contributed by atoms with Gasteiger partial charge < -0.3 is 10.6 Å². The van der Waals surface area contributed by atoms with Crippen LogP contribution in [0.15, 0.2) is 24.3 Å². The second-order valence-electron chi connectivity index (χ2n) is 9.27. The maximum absolute atomic E-state index is 12.7. The van der Waals surface area contributed by atoms with Crippen LogP contribution in [0, 0.1) is 39.5 Å². The largest absolute Gasteiger partial charge is 0.352 e. The highest BCUT2D eigenvalue weighted by molar-refractivity contribution is 5.98. The van der Waals surface area contributed by atoms with Crippen LogP contribution in [0.25, 0.3) is 11.1 Å². The highest BCUT2D eigenvalue weighted by Crippen LogP contribution is 2.32. The minimum atomic E-state index is -0.0151. The fraction of sp³-hybridized carbons (Fsp3) is 0.500. The zero-order valence-corrected chi connectivity index (χ0v) is 21.1. The molecular formula is C28H40N2O2. The molecule has 2 N–H and O–H groups in total. The van der Waals surface area contributed by atoms with Crippen molar-refractivity contribution in [2.75, 3.05) is 13.1 Å². The molecule has 174 valence electrons. The van der Waals surface area contributed by atoms with Crippen molar-refractivity contribution in [2.45, 2.75) is 68.2 Å². The summed E-state index contributed by atoms with van der Waals surface area (Å²) in [6.07, 6.45) is 2.09. The Morgan fingerprint density at radius 1 is 0.656 bits per heavy atom. The van der Waals surface area contributed by atoms with Crippen molar-refractivity contribution in [3.63, 3.8) is 0 Å². The van der Waals surface area contributed by atoms with Crippen molar-refractivity contribution in [1.29, 1.82) is 0 Å². The van der Waals surface area contributed by atoms with Crippen LogP contribution in [0.1, 0.15) is 83.5 Å². The Labute approximate surface area is 194 Å². The summed E-state index contributed by atoms with van der Waals surface area (Å²) in [5.74, 6) is 0.898. The van der Waals surface area contributed by atoms with Gasteiger partial charge in [0.1, 0.15) is 0 Å². The van der Waals surface area contributed by atoms with Crippen LogP contribution in [-0.4, -0.2) is 24.9 Å². The summed E-state index contributed by atoms with van der Waals surface area (Å²) in [6, 6.07) is 7.91. The molecule has 32 heavy (non-hydrogen) atoms. The monoisotopic (exact) mass is 436 g/mol. The lowest BCUT2D eigenvalue weighted by Crippen LogP contribution is -2.29. The lowest BCUT2D eigenvalue weighted by atomic mass is 9.88. The van der Waals surface area contributed by atoms with Crippen molar-refractivity contribution < 1.29 is 9.59 Å². The second kappa shape index (κ2) is 11.3. The highest BCUT2D eigenvalue weighted by Gasteiger charge is 2.18. The quantitative estimate of drug-likeness (QED) is 0.496. The van der Waals surface area contributed by atoms with Crippen LogP contribution in [0.2, 0.25) is 0 Å². The van der Waals surface area contributed by atoms with E-state index in [2.05, 4.69) is 52.2 Å². The summed E-state index contributed by atoms with van der Waals surface area (Å²) in [5, 5.41) is 6.12. The first kappa shape index (κ1) is 25.6. The maximum atomic E-state index is 12.7. The summed E-state index contributed by atoms with van der Waals surface area (Å²) in [7, 11) is 0. The summed E-state index contributed by atoms with van der Waals surface area (Å²) in [6.45, 7) is 18.1. The first-order valence-electron chi connectivity index (χ1n) is 11.9. The van der Waals surface area contributed by atoms with Crippen LogP contribution in [-0.2, 0) is 0 Å². The summed E-state index contributed by atoms with van der Waals surface area (Å²) >= 11 is 0. The molecular weight excluding hydrogens is 396 g/mol. The number of amides is 2. The molecule has 2 atom stereocenters. The van der Waals surface area contributed by atoms with Crippen molar-refractivity contribution in [2.24, 2.45) is 11.8 Å². The number of carbonyl (C=O) groups is 2. The first-order valence-corrected chi connectivity index (χ1v) is 11.9. The average Bonchev–Trinajstić information content (AvgIpc) is 2.79. The Bertz CT molecular complexity index is 898. The van der Waals surface area contributed by atoms with Gasteiger partial charge >= 0.3 is 0 Å². The Balaban J connectivity index is 2.32. The highest BCUT2D eigenvalue weighted by atomic mass is 16.2. The fourth-order valence-corrected chi connectivity index (χ4v) is 3.73. The van der Waals surface area contributed by atoms with Crippen LogP contribution in [0.5, 0.6) is 0 Å². The molecule has 0 spiro atoms. The molecule has 2 rings (SSSR count). The molecule has 0 heterocycles. The first-order chi connectivity index (χ1) is 15.1. The molecule has 0 aliphatic carbocycles. The normalized spacial score (nSPS) is 12.9. The molecule has 4 nitrogen and oxygen atoms in total. The number of hydrogen-bond acceptors (Lipinski definition) is 2. The van der Waals surface area contributed by atoms with E-state index in [0.717, 1.165) is 57.3 Å². The molecule has 4 heteroatoms. The maximum Gasteiger partial charge on any atom is 0.251 e. The van der Waals surface area contributed by atoms with Gasteiger partial charge in [-0.05, 0) is 85.0 Å². The minimum absolute atomic E-state index is 0.0151. The van der Waals surface area contributed by atoms with Gasteiger partial charge in [-0.2, -0.15) is 0 Å². The van der Waals surface area contributed by atoms with Crippen LogP contribution >= 0.6 is 0 Å². The molecule has 2 aromatic carbocycles. The number of carbonyl (C=O) groups excluding carboxylic acids is 2. The van der Waals surface area contributed by atoms with Crippen LogP contribution in [0.3, 0.4) is 0 Å². The van der Waals surface area contributed by atoms with Gasteiger partial charge in [0.2, 0.25) is 0 Å². The van der Waals surface area contributed by atoms with E-state index in [4.69, 9.17) is 0 Å². The fourth-order valence-electron chi connectivity index (χ4n) is 3.73. The number of nitrogens with one attached hydrogen (secondary N) is 2. The van der Waals surface area contributed by atoms with Crippen LogP contribution in [0.4, 0.5) is 0 Å². The van der Waals surface area contributed by atoms with Gasteiger partial charge in [-0.25, -0.2) is 0 Å². The third-order valence-corrected chi connectivity index (χ3v) is 6.97. The molecule has 0 saturated carbocycles. The summed E-state index contributed by atoms with van der Waals surface area (Å²) < 4.78 is 0. The minimum Gasteiger partial charge on any atom is -0.352 e. The van der Waals surface area contributed by atoms with Gasteiger partial charge in [-0.3, -0.25) is 9.59 Å². The van der Waals surface area contributed by atoms with Gasteiger partial charge in [-0.15, -0.1) is 0 Å². The van der Waals surface area contributed by atoms with Crippen LogP contribution < -0.4 is 10.6 Å². The Kier molecular flexibility index (Phi) is 9.06. The standard InChI is InChI=1S/C28H40N2O2/c1-9-17(3)15-29-27(31)25-13-11-23(19(5)21(25)7)24-12-14-26(22(8)20(24)6)28(32)30-16-18(4)10-2/h11-14,17-18H,9-10,15-16H2,1-8H3,(H,29,31)(H,30,32). The zero-order chi connectivity index (χ0) is 24.0. The topological polar surface area (TPSA) is 58.2 Å². The van der Waals surface area contributed by atoms with Gasteiger partial charge in [0.05, 0.1) is 0 Å². The van der Waals surface area contributed by atoms with Crippen molar-refractivity contribution in [3.05, 3.63) is 57.6 Å². The Hall–Kier alpha value is -2.62. The Morgan fingerprint density at radius 3 is 1.31 bits per heavy atom. The average molecular weight is 437 g/mol. The van der Waals surface area contributed by atoms with Gasteiger partial charge in [-0.1, -0.05) is 52.7 Å². The molecule has 2 aromatic rings. The van der Waals surface area contributed by atoms with E-state index in [1.54, 1.807) is 0 Å². The molecule has 0 aliphatic rings. The van der Waals surface area contributed by atoms with E-state index >= 15 is 0 Å². The van der Waals surface area contributed by atoms with Crippen molar-refractivity contribution >= 4 is 11.8 Å². The SMILES string of the molecule is CCC(C)CNC(=O)c1ccc(-c2ccc(C(=O)NCC(C)CC)c(C)c2C)c(C)c1C. The molecule has 0 bridgehead atoms. The molecule has 0 radical (unpaired) electrons. The molecule has 2 unspecified atom stereocenters. The third kappa shape index (κ3) is 5.79. The number of rotatable bonds is 9. The number of hydrogen-bond donors (Lipinski definition) is 2. The van der Waals surface area contributed by atoms with E-state index in [1.165, 1.54) is 0 Å². The summed E-state index contributed by atoms with van der Waals surface area (Å²) in [4.78, 5) is 25.4. The third-order valence-electron chi connectivity index (χ3n) is 6.97. The lowest BCUT2D eigenvalue weighted by Gasteiger charge is -2.18. The van der Waals surface area contributed by atoms with Gasteiger partial charge in [0, 0.05) is 24.2 Å². The van der Waals surface area contributed by atoms with E-state index in [1.807, 2.05) is 38.1 Å². The molecule has 0 aliphatic heterocycles. The van der Waals surface area contributed by atoms with Crippen molar-refractivity contribution in [3.8, 4) is 11.1 Å². The predicted octanol–water partition coefficient (Wildman–Crippen LogP) is 6.14. The Morgan fingerprint density at radius 2 is 1.00 bits per heavy atom. The van der Waals surface area contributed by atoms with E-state index in [9.17, 15) is 9.59 Å². The van der Waals surface area contributed by atoms with Crippen molar-refractivity contribution in [1.82, 2.24) is 10.6 Å². The van der Waals surface area contributed by atoms with E-state index in [0.29, 0.717) is 24.9 Å².